The Morgan fingerprint density at radius 3 is 2.53 bits per heavy atom. The molecule has 5 rings (SSSR count). The van der Waals surface area contributed by atoms with Gasteiger partial charge in [0, 0.05) is 9.90 Å². The van der Waals surface area contributed by atoms with E-state index in [2.05, 4.69) is 0 Å². The molecule has 32 heavy (non-hydrogen) atoms. The van der Waals surface area contributed by atoms with Crippen molar-refractivity contribution in [3.8, 4) is 5.69 Å². The highest BCUT2D eigenvalue weighted by molar-refractivity contribution is 7.18. The van der Waals surface area contributed by atoms with Gasteiger partial charge in [-0.2, -0.15) is 0 Å². The minimum absolute atomic E-state index is 0.205. The Morgan fingerprint density at radius 1 is 0.969 bits per heavy atom. The van der Waals surface area contributed by atoms with Crippen LogP contribution in [0.4, 0.5) is 0 Å². The maximum absolute atomic E-state index is 13.8. The average molecular weight is 465 g/mol. The summed E-state index contributed by atoms with van der Waals surface area (Å²) in [6, 6.07) is 13.3. The Bertz CT molecular complexity index is 1460. The van der Waals surface area contributed by atoms with E-state index in [1.54, 1.807) is 15.9 Å². The molecule has 0 amide bonds. The molecule has 0 N–H and O–H groups in total. The van der Waals surface area contributed by atoms with E-state index >= 15 is 0 Å². The van der Waals surface area contributed by atoms with Crippen molar-refractivity contribution in [3.63, 3.8) is 0 Å². The molecule has 2 heterocycles. The van der Waals surface area contributed by atoms with Crippen molar-refractivity contribution in [1.29, 1.82) is 0 Å². The standard InChI is InChI=1S/C26H25ClN2O2S/c1-16-12-13-19(14-17(16)2)29-24(30)23-20-9-4-3-5-11-22(20)32-25(23)28(26(29)31)15-18-8-6-7-10-21(18)27/h6-8,10,12-14H,3-5,9,11,15H2,1-2H3. The van der Waals surface area contributed by atoms with Crippen LogP contribution in [0.2, 0.25) is 5.02 Å². The van der Waals surface area contributed by atoms with Crippen molar-refractivity contribution in [2.24, 2.45) is 0 Å². The summed E-state index contributed by atoms with van der Waals surface area (Å²) in [5.74, 6) is 0. The molecule has 1 aliphatic carbocycles. The zero-order chi connectivity index (χ0) is 22.4. The van der Waals surface area contributed by atoms with E-state index in [-0.39, 0.29) is 11.2 Å². The lowest BCUT2D eigenvalue weighted by Crippen LogP contribution is -2.39. The molecule has 4 aromatic rings. The van der Waals surface area contributed by atoms with Crippen LogP contribution in [-0.4, -0.2) is 9.13 Å². The van der Waals surface area contributed by atoms with Crippen LogP contribution >= 0.6 is 22.9 Å². The van der Waals surface area contributed by atoms with Gasteiger partial charge in [0.1, 0.15) is 4.83 Å². The molecule has 0 atom stereocenters. The minimum atomic E-state index is -0.318. The number of thiophene rings is 1. The molecule has 164 valence electrons. The van der Waals surface area contributed by atoms with Gasteiger partial charge in [-0.25, -0.2) is 9.36 Å². The number of hydrogen-bond acceptors (Lipinski definition) is 3. The number of hydrogen-bond donors (Lipinski definition) is 0. The van der Waals surface area contributed by atoms with Crippen molar-refractivity contribution in [2.75, 3.05) is 0 Å². The SMILES string of the molecule is Cc1ccc(-n2c(=O)c3c4c(sc3n(Cc3ccccc3Cl)c2=O)CCCCC4)cc1C. The van der Waals surface area contributed by atoms with Crippen LogP contribution in [-0.2, 0) is 19.4 Å². The van der Waals surface area contributed by atoms with Gasteiger partial charge in [-0.05, 0) is 80.0 Å². The second kappa shape index (κ2) is 8.38. The number of benzene rings is 2. The third-order valence-corrected chi connectivity index (χ3v) is 8.21. The van der Waals surface area contributed by atoms with Gasteiger partial charge in [-0.15, -0.1) is 11.3 Å². The van der Waals surface area contributed by atoms with Crippen LogP contribution in [0.15, 0.2) is 52.1 Å². The Labute approximate surface area is 195 Å². The average Bonchev–Trinajstić information content (AvgIpc) is 2.97. The fourth-order valence-electron chi connectivity index (χ4n) is 4.57. The molecule has 2 aromatic carbocycles. The van der Waals surface area contributed by atoms with Crippen LogP contribution in [0.25, 0.3) is 15.9 Å². The van der Waals surface area contributed by atoms with Gasteiger partial charge >= 0.3 is 5.69 Å². The predicted molar refractivity (Wildman–Crippen MR) is 133 cm³/mol. The summed E-state index contributed by atoms with van der Waals surface area (Å²) in [5.41, 5.74) is 4.28. The Morgan fingerprint density at radius 2 is 1.75 bits per heavy atom. The molecule has 0 saturated carbocycles. The zero-order valence-corrected chi connectivity index (χ0v) is 19.9. The van der Waals surface area contributed by atoms with Gasteiger partial charge < -0.3 is 0 Å². The molecule has 0 aliphatic heterocycles. The molecule has 6 heteroatoms. The van der Waals surface area contributed by atoms with Gasteiger partial charge in [-0.1, -0.05) is 42.3 Å². The predicted octanol–water partition coefficient (Wildman–Crippen LogP) is 5.80. The number of halogens is 1. The van der Waals surface area contributed by atoms with Crippen molar-refractivity contribution in [3.05, 3.63) is 95.5 Å². The van der Waals surface area contributed by atoms with Crippen molar-refractivity contribution in [1.82, 2.24) is 9.13 Å². The maximum Gasteiger partial charge on any atom is 0.337 e. The van der Waals surface area contributed by atoms with Crippen LogP contribution in [0.3, 0.4) is 0 Å². The summed E-state index contributed by atoms with van der Waals surface area (Å²) in [5, 5.41) is 1.33. The summed E-state index contributed by atoms with van der Waals surface area (Å²) < 4.78 is 3.09. The molecule has 0 radical (unpaired) electrons. The molecule has 4 nitrogen and oxygen atoms in total. The maximum atomic E-state index is 13.8. The first-order valence-electron chi connectivity index (χ1n) is 11.1. The Hall–Kier alpha value is -2.63. The molecular formula is C26H25ClN2O2S. The van der Waals surface area contributed by atoms with Crippen LogP contribution in [0.1, 0.15) is 46.4 Å². The lowest BCUT2D eigenvalue weighted by Gasteiger charge is -2.14. The molecule has 2 aromatic heterocycles. The first kappa shape index (κ1) is 21.2. The molecule has 0 unspecified atom stereocenters. The summed E-state index contributed by atoms with van der Waals surface area (Å²) >= 11 is 8.06. The Kier molecular flexibility index (Phi) is 5.56. The highest BCUT2D eigenvalue weighted by Crippen LogP contribution is 2.34. The number of aromatic nitrogens is 2. The highest BCUT2D eigenvalue weighted by Gasteiger charge is 2.24. The second-order valence-corrected chi connectivity index (χ2v) is 10.1. The molecule has 0 spiro atoms. The third kappa shape index (κ3) is 3.54. The number of nitrogens with zero attached hydrogens (tertiary/aromatic N) is 2. The second-order valence-electron chi connectivity index (χ2n) is 8.61. The van der Waals surface area contributed by atoms with Crippen LogP contribution in [0, 0.1) is 13.8 Å². The van der Waals surface area contributed by atoms with Crippen molar-refractivity contribution in [2.45, 2.75) is 52.5 Å². The van der Waals surface area contributed by atoms with E-state index in [1.807, 2.05) is 56.3 Å². The molecular weight excluding hydrogens is 440 g/mol. The van der Waals surface area contributed by atoms with E-state index < -0.39 is 0 Å². The highest BCUT2D eigenvalue weighted by atomic mass is 35.5. The summed E-state index contributed by atoms with van der Waals surface area (Å²) in [7, 11) is 0. The number of fused-ring (bicyclic) bond motifs is 3. The third-order valence-electron chi connectivity index (χ3n) is 6.52. The summed E-state index contributed by atoms with van der Waals surface area (Å²) in [6.45, 7) is 4.36. The van der Waals surface area contributed by atoms with Crippen LogP contribution < -0.4 is 11.2 Å². The van der Waals surface area contributed by atoms with E-state index in [9.17, 15) is 9.59 Å². The fraction of sp³-hybridized carbons (Fsp3) is 0.308. The number of rotatable bonds is 3. The molecule has 0 fully saturated rings. The van der Waals surface area contributed by atoms with Crippen LogP contribution in [0.5, 0.6) is 0 Å². The van der Waals surface area contributed by atoms with Gasteiger partial charge in [0.2, 0.25) is 0 Å². The van der Waals surface area contributed by atoms with Crippen molar-refractivity contribution >= 4 is 33.2 Å². The van der Waals surface area contributed by atoms with Gasteiger partial charge in [0.25, 0.3) is 5.56 Å². The molecule has 1 aliphatic rings. The van der Waals surface area contributed by atoms with E-state index in [1.165, 1.54) is 15.9 Å². The summed E-state index contributed by atoms with van der Waals surface area (Å²) in [6.07, 6.45) is 5.23. The fourth-order valence-corrected chi connectivity index (χ4v) is 6.14. The van der Waals surface area contributed by atoms with E-state index in [0.29, 0.717) is 22.6 Å². The normalized spacial score (nSPS) is 13.8. The largest absolute Gasteiger partial charge is 0.337 e. The lowest BCUT2D eigenvalue weighted by molar-refractivity contribution is 0.708. The van der Waals surface area contributed by atoms with Crippen molar-refractivity contribution < 1.29 is 0 Å². The smallest absolute Gasteiger partial charge is 0.279 e. The zero-order valence-electron chi connectivity index (χ0n) is 18.3. The quantitative estimate of drug-likeness (QED) is 0.359. The Balaban J connectivity index is 1.85. The van der Waals surface area contributed by atoms with Gasteiger partial charge in [-0.3, -0.25) is 9.36 Å². The van der Waals surface area contributed by atoms with E-state index in [4.69, 9.17) is 11.6 Å². The number of aryl methyl sites for hydroxylation is 4. The first-order chi connectivity index (χ1) is 15.5. The topological polar surface area (TPSA) is 44.0 Å². The monoisotopic (exact) mass is 464 g/mol. The lowest BCUT2D eigenvalue weighted by atomic mass is 10.1. The van der Waals surface area contributed by atoms with Gasteiger partial charge in [0.15, 0.2) is 0 Å². The minimum Gasteiger partial charge on any atom is -0.279 e. The van der Waals surface area contributed by atoms with Gasteiger partial charge in [0.05, 0.1) is 17.6 Å². The molecule has 0 bridgehead atoms. The van der Waals surface area contributed by atoms with E-state index in [0.717, 1.165) is 52.8 Å². The first-order valence-corrected chi connectivity index (χ1v) is 12.3. The molecule has 0 saturated heterocycles. The summed E-state index contributed by atoms with van der Waals surface area (Å²) in [4.78, 5) is 29.6.